The van der Waals surface area contributed by atoms with Crippen LogP contribution in [0.15, 0.2) is 0 Å². The molecule has 1 aliphatic rings. The van der Waals surface area contributed by atoms with Crippen LogP contribution in [0, 0.1) is 5.92 Å². The van der Waals surface area contributed by atoms with E-state index in [1.807, 2.05) is 0 Å². The van der Waals surface area contributed by atoms with E-state index in [9.17, 15) is 0 Å². The number of aromatic nitrogens is 4. The largest absolute Gasteiger partial charge is 0.329 e. The summed E-state index contributed by atoms with van der Waals surface area (Å²) in [5, 5.41) is 12.8. The maximum atomic E-state index is 5.89. The molecule has 0 radical (unpaired) electrons. The predicted molar refractivity (Wildman–Crippen MR) is 61.9 cm³/mol. The third kappa shape index (κ3) is 2.09. The number of hydrogen-bond donors (Lipinski definition) is 1. The molecule has 90 valence electrons. The van der Waals surface area contributed by atoms with E-state index in [1.165, 1.54) is 12.8 Å². The maximum absolute atomic E-state index is 5.89. The molecule has 16 heavy (non-hydrogen) atoms. The first-order valence-corrected chi connectivity index (χ1v) is 6.15. The van der Waals surface area contributed by atoms with Crippen molar-refractivity contribution in [3.63, 3.8) is 0 Å². The first-order valence-electron chi connectivity index (χ1n) is 6.15. The Kier molecular flexibility index (Phi) is 3.23. The molecular formula is C11H21N5. The summed E-state index contributed by atoms with van der Waals surface area (Å²) in [7, 11) is 0. The minimum absolute atomic E-state index is 0.00916. The smallest absolute Gasteiger partial charge is 0.182 e. The standard InChI is InChI=1S/C11H21N5/c1-9(2)7-16-14-10(13-15-16)11(8-12)5-3-4-6-11/h9H,3-8,12H2,1-2H3. The lowest BCUT2D eigenvalue weighted by molar-refractivity contribution is 0.404. The highest BCUT2D eigenvalue weighted by Crippen LogP contribution is 2.38. The van der Waals surface area contributed by atoms with Crippen molar-refractivity contribution in [2.24, 2.45) is 11.7 Å². The Morgan fingerprint density at radius 3 is 2.62 bits per heavy atom. The van der Waals surface area contributed by atoms with E-state index in [-0.39, 0.29) is 5.41 Å². The molecule has 1 aromatic rings. The van der Waals surface area contributed by atoms with Crippen LogP contribution in [-0.2, 0) is 12.0 Å². The van der Waals surface area contributed by atoms with Crippen LogP contribution in [-0.4, -0.2) is 26.8 Å². The molecule has 0 spiro atoms. The topological polar surface area (TPSA) is 69.6 Å². The van der Waals surface area contributed by atoms with Gasteiger partial charge in [-0.3, -0.25) is 0 Å². The Balaban J connectivity index is 2.16. The van der Waals surface area contributed by atoms with E-state index < -0.39 is 0 Å². The van der Waals surface area contributed by atoms with Gasteiger partial charge in [0.2, 0.25) is 0 Å². The molecule has 0 aliphatic heterocycles. The van der Waals surface area contributed by atoms with E-state index in [4.69, 9.17) is 5.73 Å². The molecule has 1 fully saturated rings. The lowest BCUT2D eigenvalue weighted by Crippen LogP contribution is -2.33. The van der Waals surface area contributed by atoms with Crippen LogP contribution >= 0.6 is 0 Å². The fourth-order valence-electron chi connectivity index (χ4n) is 2.43. The summed E-state index contributed by atoms with van der Waals surface area (Å²) in [6, 6.07) is 0. The minimum atomic E-state index is 0.00916. The fraction of sp³-hybridized carbons (Fsp3) is 0.909. The Morgan fingerprint density at radius 2 is 2.06 bits per heavy atom. The molecule has 2 N–H and O–H groups in total. The molecule has 5 nitrogen and oxygen atoms in total. The maximum Gasteiger partial charge on any atom is 0.182 e. The number of nitrogens with zero attached hydrogens (tertiary/aromatic N) is 4. The van der Waals surface area contributed by atoms with Crippen molar-refractivity contribution >= 4 is 0 Å². The number of tetrazole rings is 1. The van der Waals surface area contributed by atoms with Gasteiger partial charge in [-0.15, -0.1) is 10.2 Å². The molecular weight excluding hydrogens is 202 g/mol. The molecule has 1 aliphatic carbocycles. The van der Waals surface area contributed by atoms with E-state index >= 15 is 0 Å². The van der Waals surface area contributed by atoms with Crippen LogP contribution in [0.25, 0.3) is 0 Å². The lowest BCUT2D eigenvalue weighted by Gasteiger charge is -2.22. The second kappa shape index (κ2) is 4.49. The number of nitrogens with two attached hydrogens (primary N) is 1. The van der Waals surface area contributed by atoms with Crippen LogP contribution in [0.5, 0.6) is 0 Å². The summed E-state index contributed by atoms with van der Waals surface area (Å²) in [6.07, 6.45) is 4.68. The van der Waals surface area contributed by atoms with Crippen molar-refractivity contribution in [2.45, 2.75) is 51.5 Å². The Hall–Kier alpha value is -0.970. The Morgan fingerprint density at radius 1 is 1.38 bits per heavy atom. The molecule has 0 saturated heterocycles. The van der Waals surface area contributed by atoms with Gasteiger partial charge in [0.1, 0.15) is 0 Å². The summed E-state index contributed by atoms with van der Waals surface area (Å²) in [6.45, 7) is 5.77. The van der Waals surface area contributed by atoms with Crippen molar-refractivity contribution in [3.05, 3.63) is 5.82 Å². The van der Waals surface area contributed by atoms with Gasteiger partial charge in [-0.05, 0) is 24.0 Å². The zero-order valence-corrected chi connectivity index (χ0v) is 10.2. The van der Waals surface area contributed by atoms with Crippen LogP contribution in [0.1, 0.15) is 45.4 Å². The summed E-state index contributed by atoms with van der Waals surface area (Å²) >= 11 is 0. The zero-order valence-electron chi connectivity index (χ0n) is 10.2. The van der Waals surface area contributed by atoms with E-state index in [0.29, 0.717) is 12.5 Å². The first kappa shape index (κ1) is 11.5. The number of rotatable bonds is 4. The summed E-state index contributed by atoms with van der Waals surface area (Å²) < 4.78 is 0. The molecule has 0 bridgehead atoms. The van der Waals surface area contributed by atoms with Crippen LogP contribution < -0.4 is 5.73 Å². The van der Waals surface area contributed by atoms with E-state index in [2.05, 4.69) is 29.3 Å². The highest BCUT2D eigenvalue weighted by atomic mass is 15.6. The van der Waals surface area contributed by atoms with Gasteiger partial charge in [-0.2, -0.15) is 4.80 Å². The third-order valence-electron chi connectivity index (χ3n) is 3.41. The van der Waals surface area contributed by atoms with Crippen LogP contribution in [0.3, 0.4) is 0 Å². The molecule has 1 heterocycles. The normalized spacial score (nSPS) is 19.5. The Labute approximate surface area is 96.4 Å². The highest BCUT2D eigenvalue weighted by molar-refractivity contribution is 5.08. The van der Waals surface area contributed by atoms with Crippen LogP contribution in [0.2, 0.25) is 0 Å². The van der Waals surface area contributed by atoms with Crippen molar-refractivity contribution < 1.29 is 0 Å². The molecule has 0 amide bonds. The van der Waals surface area contributed by atoms with Crippen LogP contribution in [0.4, 0.5) is 0 Å². The molecule has 2 rings (SSSR count). The SMILES string of the molecule is CC(C)Cn1nnc(C2(CN)CCCC2)n1. The van der Waals surface area contributed by atoms with Gasteiger partial charge in [0, 0.05) is 12.0 Å². The van der Waals surface area contributed by atoms with Gasteiger partial charge in [0.05, 0.1) is 6.54 Å². The predicted octanol–water partition coefficient (Wildman–Crippen LogP) is 1.10. The first-order chi connectivity index (χ1) is 7.66. The molecule has 5 heteroatoms. The van der Waals surface area contributed by atoms with Gasteiger partial charge in [-0.25, -0.2) is 0 Å². The van der Waals surface area contributed by atoms with E-state index in [1.54, 1.807) is 4.80 Å². The lowest BCUT2D eigenvalue weighted by atomic mass is 9.86. The van der Waals surface area contributed by atoms with Gasteiger partial charge in [0.15, 0.2) is 5.82 Å². The Bertz CT molecular complexity index is 338. The molecule has 0 unspecified atom stereocenters. The van der Waals surface area contributed by atoms with Crippen molar-refractivity contribution in [1.82, 2.24) is 20.2 Å². The average Bonchev–Trinajstić information content (AvgIpc) is 2.85. The molecule has 1 aromatic heterocycles. The highest BCUT2D eigenvalue weighted by Gasteiger charge is 2.38. The zero-order chi connectivity index (χ0) is 11.6. The fourth-order valence-corrected chi connectivity index (χ4v) is 2.43. The number of hydrogen-bond acceptors (Lipinski definition) is 4. The molecule has 1 saturated carbocycles. The van der Waals surface area contributed by atoms with Crippen molar-refractivity contribution in [1.29, 1.82) is 0 Å². The van der Waals surface area contributed by atoms with Crippen molar-refractivity contribution in [3.8, 4) is 0 Å². The second-order valence-electron chi connectivity index (χ2n) is 5.25. The van der Waals surface area contributed by atoms with Gasteiger partial charge < -0.3 is 5.73 Å². The average molecular weight is 223 g/mol. The summed E-state index contributed by atoms with van der Waals surface area (Å²) in [4.78, 5) is 1.70. The van der Waals surface area contributed by atoms with Gasteiger partial charge in [-0.1, -0.05) is 26.7 Å². The minimum Gasteiger partial charge on any atom is -0.329 e. The molecule has 0 atom stereocenters. The van der Waals surface area contributed by atoms with Crippen molar-refractivity contribution in [2.75, 3.05) is 6.54 Å². The quantitative estimate of drug-likeness (QED) is 0.829. The summed E-state index contributed by atoms with van der Waals surface area (Å²) in [5.74, 6) is 1.40. The second-order valence-corrected chi connectivity index (χ2v) is 5.25. The monoisotopic (exact) mass is 223 g/mol. The molecule has 0 aromatic carbocycles. The van der Waals surface area contributed by atoms with E-state index in [0.717, 1.165) is 25.2 Å². The summed E-state index contributed by atoms with van der Waals surface area (Å²) in [5.41, 5.74) is 5.90. The van der Waals surface area contributed by atoms with Gasteiger partial charge in [0.25, 0.3) is 0 Å². The third-order valence-corrected chi connectivity index (χ3v) is 3.41. The van der Waals surface area contributed by atoms with Gasteiger partial charge >= 0.3 is 0 Å².